The van der Waals surface area contributed by atoms with E-state index in [0.717, 1.165) is 5.56 Å². The minimum absolute atomic E-state index is 0.206. The van der Waals surface area contributed by atoms with Crippen molar-refractivity contribution in [3.63, 3.8) is 0 Å². The van der Waals surface area contributed by atoms with Crippen LogP contribution < -0.4 is 15.6 Å². The van der Waals surface area contributed by atoms with Crippen LogP contribution in [0.2, 0.25) is 10.0 Å². The minimum atomic E-state index is -0.358. The highest BCUT2D eigenvalue weighted by Gasteiger charge is 2.09. The van der Waals surface area contributed by atoms with Gasteiger partial charge in [-0.05, 0) is 48.2 Å². The number of halogens is 2. The van der Waals surface area contributed by atoms with E-state index in [-0.39, 0.29) is 18.2 Å². The van der Waals surface area contributed by atoms with Gasteiger partial charge in [0.1, 0.15) is 5.75 Å². The first-order chi connectivity index (χ1) is 12.9. The molecule has 5 nitrogen and oxygen atoms in total. The van der Waals surface area contributed by atoms with E-state index in [2.05, 4.69) is 24.7 Å². The van der Waals surface area contributed by atoms with Crippen LogP contribution in [0.3, 0.4) is 0 Å². The van der Waals surface area contributed by atoms with E-state index in [9.17, 15) is 9.59 Å². The molecule has 0 spiro atoms. The number of rotatable bonds is 7. The number of hydrogen-bond donors (Lipinski definition) is 2. The van der Waals surface area contributed by atoms with Crippen LogP contribution in [-0.2, 0) is 4.79 Å². The third-order valence-corrected chi connectivity index (χ3v) is 4.39. The van der Waals surface area contributed by atoms with E-state index < -0.39 is 0 Å². The first kappa shape index (κ1) is 21.1. The van der Waals surface area contributed by atoms with Crippen LogP contribution in [0.5, 0.6) is 5.75 Å². The molecule has 0 saturated heterocycles. The summed E-state index contributed by atoms with van der Waals surface area (Å²) < 4.78 is 5.51. The van der Waals surface area contributed by atoms with Gasteiger partial charge in [0.25, 0.3) is 5.91 Å². The lowest BCUT2D eigenvalue weighted by atomic mass is 10.0. The third-order valence-electron chi connectivity index (χ3n) is 3.85. The van der Waals surface area contributed by atoms with Crippen molar-refractivity contribution in [1.82, 2.24) is 10.9 Å². The monoisotopic (exact) mass is 408 g/mol. The van der Waals surface area contributed by atoms with Crippen LogP contribution in [0.4, 0.5) is 0 Å². The highest BCUT2D eigenvalue weighted by molar-refractivity contribution is 6.35. The Labute approximate surface area is 169 Å². The van der Waals surface area contributed by atoms with Crippen LogP contribution in [0.1, 0.15) is 48.5 Å². The highest BCUT2D eigenvalue weighted by Crippen LogP contribution is 2.27. The van der Waals surface area contributed by atoms with Gasteiger partial charge >= 0.3 is 0 Å². The van der Waals surface area contributed by atoms with Gasteiger partial charge in [-0.1, -0.05) is 49.2 Å². The Kier molecular flexibility index (Phi) is 7.95. The van der Waals surface area contributed by atoms with Gasteiger partial charge in [-0.3, -0.25) is 20.4 Å². The number of amides is 2. The molecule has 0 saturated carbocycles. The van der Waals surface area contributed by atoms with Gasteiger partial charge in [-0.25, -0.2) is 0 Å². The molecule has 2 aromatic rings. The van der Waals surface area contributed by atoms with Crippen molar-refractivity contribution < 1.29 is 14.3 Å². The molecule has 2 rings (SSSR count). The molecule has 2 N–H and O–H groups in total. The number of benzene rings is 2. The van der Waals surface area contributed by atoms with Crippen molar-refractivity contribution >= 4 is 35.0 Å². The highest BCUT2D eigenvalue weighted by atomic mass is 35.5. The molecular weight excluding hydrogens is 387 g/mol. The van der Waals surface area contributed by atoms with E-state index in [1.807, 2.05) is 12.1 Å². The largest absolute Gasteiger partial charge is 0.492 e. The van der Waals surface area contributed by atoms with Crippen LogP contribution in [0.25, 0.3) is 0 Å². The van der Waals surface area contributed by atoms with E-state index >= 15 is 0 Å². The average Bonchev–Trinajstić information content (AvgIpc) is 2.64. The zero-order valence-corrected chi connectivity index (χ0v) is 16.7. The molecule has 0 aliphatic heterocycles. The third kappa shape index (κ3) is 6.77. The molecule has 0 heterocycles. The van der Waals surface area contributed by atoms with E-state index in [1.165, 1.54) is 0 Å². The maximum absolute atomic E-state index is 12.0. The number of ether oxygens (including phenoxy) is 1. The summed E-state index contributed by atoms with van der Waals surface area (Å²) in [6.45, 7) is 4.49. The summed E-state index contributed by atoms with van der Waals surface area (Å²) >= 11 is 11.8. The van der Waals surface area contributed by atoms with Crippen LogP contribution >= 0.6 is 23.2 Å². The lowest BCUT2D eigenvalue weighted by Gasteiger charge is -2.10. The zero-order chi connectivity index (χ0) is 19.8. The Morgan fingerprint density at radius 2 is 1.74 bits per heavy atom. The Balaban J connectivity index is 1.69. The smallest absolute Gasteiger partial charge is 0.269 e. The maximum Gasteiger partial charge on any atom is 0.269 e. The Morgan fingerprint density at radius 1 is 1.04 bits per heavy atom. The van der Waals surface area contributed by atoms with E-state index in [1.54, 1.807) is 30.3 Å². The van der Waals surface area contributed by atoms with Gasteiger partial charge in [-0.2, -0.15) is 0 Å². The number of carbonyl (C=O) groups excluding carboxylic acids is 2. The number of carbonyl (C=O) groups is 2. The predicted molar refractivity (Wildman–Crippen MR) is 107 cm³/mol. The molecule has 0 atom stereocenters. The first-order valence-corrected chi connectivity index (χ1v) is 9.39. The molecule has 2 amide bonds. The quantitative estimate of drug-likeness (QED) is 0.513. The van der Waals surface area contributed by atoms with Crippen LogP contribution in [0.15, 0.2) is 42.5 Å². The lowest BCUT2D eigenvalue weighted by molar-refractivity contribution is -0.122. The molecule has 0 aliphatic rings. The summed E-state index contributed by atoms with van der Waals surface area (Å²) in [4.78, 5) is 23.9. The zero-order valence-electron chi connectivity index (χ0n) is 15.2. The second kappa shape index (κ2) is 10.2. The summed E-state index contributed by atoms with van der Waals surface area (Å²) in [5.74, 6) is 0.252. The molecule has 2 aromatic carbocycles. The molecule has 0 radical (unpaired) electrons. The van der Waals surface area contributed by atoms with Crippen molar-refractivity contribution in [2.24, 2.45) is 0 Å². The molecule has 0 aliphatic carbocycles. The first-order valence-electron chi connectivity index (χ1n) is 8.64. The standard InChI is InChI=1S/C20H22Cl2N2O3/c1-13(2)14-5-7-15(8-6-14)20(26)24-23-19(25)4-3-11-27-18-10-9-16(21)12-17(18)22/h5-10,12-13H,3-4,11H2,1-2H3,(H,23,25)(H,24,26). The van der Waals surface area contributed by atoms with Crippen LogP contribution in [0, 0.1) is 0 Å². The average molecular weight is 409 g/mol. The summed E-state index contributed by atoms with van der Waals surface area (Å²) in [5.41, 5.74) is 6.44. The number of nitrogens with one attached hydrogen (secondary N) is 2. The summed E-state index contributed by atoms with van der Waals surface area (Å²) in [6.07, 6.45) is 0.682. The fraction of sp³-hybridized carbons (Fsp3) is 0.300. The normalized spacial score (nSPS) is 10.6. The summed E-state index contributed by atoms with van der Waals surface area (Å²) in [6, 6.07) is 12.2. The van der Waals surface area contributed by atoms with E-state index in [0.29, 0.717) is 40.3 Å². The molecule has 0 bridgehead atoms. The fourth-order valence-corrected chi connectivity index (χ4v) is 2.75. The topological polar surface area (TPSA) is 67.4 Å². The number of hydrazine groups is 1. The molecular formula is C20H22Cl2N2O3. The van der Waals surface area contributed by atoms with Crippen LogP contribution in [-0.4, -0.2) is 18.4 Å². The van der Waals surface area contributed by atoms with Crippen molar-refractivity contribution in [2.75, 3.05) is 6.61 Å². The van der Waals surface area contributed by atoms with Gasteiger partial charge in [0, 0.05) is 17.0 Å². The predicted octanol–water partition coefficient (Wildman–Crippen LogP) is 4.74. The summed E-state index contributed by atoms with van der Waals surface area (Å²) in [7, 11) is 0. The molecule has 0 unspecified atom stereocenters. The second-order valence-corrected chi connectivity index (χ2v) is 7.15. The van der Waals surface area contributed by atoms with Gasteiger partial charge in [0.05, 0.1) is 11.6 Å². The molecule has 144 valence electrons. The molecule has 0 fully saturated rings. The van der Waals surface area contributed by atoms with E-state index in [4.69, 9.17) is 27.9 Å². The summed E-state index contributed by atoms with van der Waals surface area (Å²) in [5, 5.41) is 0.948. The molecule has 0 aromatic heterocycles. The van der Waals surface area contributed by atoms with Gasteiger partial charge in [0.15, 0.2) is 0 Å². The van der Waals surface area contributed by atoms with Crippen molar-refractivity contribution in [1.29, 1.82) is 0 Å². The van der Waals surface area contributed by atoms with Gasteiger partial charge in [-0.15, -0.1) is 0 Å². The fourth-order valence-electron chi connectivity index (χ4n) is 2.29. The minimum Gasteiger partial charge on any atom is -0.492 e. The Morgan fingerprint density at radius 3 is 2.37 bits per heavy atom. The Hall–Kier alpha value is -2.24. The Bertz CT molecular complexity index is 792. The second-order valence-electron chi connectivity index (χ2n) is 6.31. The molecule has 7 heteroatoms. The SMILES string of the molecule is CC(C)c1ccc(C(=O)NNC(=O)CCCOc2ccc(Cl)cc2Cl)cc1. The van der Waals surface area contributed by atoms with Crippen molar-refractivity contribution in [3.05, 3.63) is 63.6 Å². The number of hydrogen-bond acceptors (Lipinski definition) is 3. The van der Waals surface area contributed by atoms with Crippen molar-refractivity contribution in [2.45, 2.75) is 32.6 Å². The van der Waals surface area contributed by atoms with Crippen molar-refractivity contribution in [3.8, 4) is 5.75 Å². The van der Waals surface area contributed by atoms with Gasteiger partial charge < -0.3 is 4.74 Å². The lowest BCUT2D eigenvalue weighted by Crippen LogP contribution is -2.41. The van der Waals surface area contributed by atoms with Gasteiger partial charge in [0.2, 0.25) is 5.91 Å². The maximum atomic E-state index is 12.0. The molecule has 27 heavy (non-hydrogen) atoms.